The van der Waals surface area contributed by atoms with Gasteiger partial charge in [0.1, 0.15) is 0 Å². The van der Waals surface area contributed by atoms with Crippen LogP contribution in [0.25, 0.3) is 0 Å². The molecule has 0 aliphatic rings. The van der Waals surface area contributed by atoms with E-state index in [0.29, 0.717) is 12.4 Å². The van der Waals surface area contributed by atoms with Crippen LogP contribution >= 0.6 is 0 Å². The number of guanidine groups is 1. The van der Waals surface area contributed by atoms with Crippen LogP contribution in [0.2, 0.25) is 0 Å². The van der Waals surface area contributed by atoms with Gasteiger partial charge in [0.2, 0.25) is 0 Å². The van der Waals surface area contributed by atoms with Gasteiger partial charge in [0.05, 0.1) is 11.7 Å². The van der Waals surface area contributed by atoms with E-state index in [1.54, 1.807) is 0 Å². The van der Waals surface area contributed by atoms with Crippen LogP contribution in [0.3, 0.4) is 0 Å². The summed E-state index contributed by atoms with van der Waals surface area (Å²) in [5.41, 5.74) is 17.9. The molecule has 1 aromatic rings. The second-order valence-electron chi connectivity index (χ2n) is 3.30. The van der Waals surface area contributed by atoms with Crippen molar-refractivity contribution >= 4 is 11.9 Å². The standard InChI is InChI=1S/C8H16N6/c1-4(12-7(9)10)3-6-5(2)13-8(11)14-6/h4H,3H2,1-2H3,(H4,9,10,12)(H3,11,13,14). The number of nitrogens with zero attached hydrogens (tertiary/aromatic N) is 2. The fourth-order valence-electron chi connectivity index (χ4n) is 1.30. The van der Waals surface area contributed by atoms with Gasteiger partial charge in [0.25, 0.3) is 0 Å². The normalized spacial score (nSPS) is 12.4. The first-order valence-corrected chi connectivity index (χ1v) is 4.38. The number of aromatic amines is 1. The Hall–Kier alpha value is -1.72. The molecule has 0 aliphatic carbocycles. The average molecular weight is 196 g/mol. The summed E-state index contributed by atoms with van der Waals surface area (Å²) in [5, 5.41) is 0. The van der Waals surface area contributed by atoms with Crippen molar-refractivity contribution in [3.05, 3.63) is 11.4 Å². The Balaban J connectivity index is 2.69. The van der Waals surface area contributed by atoms with Gasteiger partial charge in [0, 0.05) is 12.1 Å². The van der Waals surface area contributed by atoms with Crippen LogP contribution in [-0.4, -0.2) is 22.0 Å². The quantitative estimate of drug-likeness (QED) is 0.385. The van der Waals surface area contributed by atoms with Gasteiger partial charge in [-0.05, 0) is 13.8 Å². The highest BCUT2D eigenvalue weighted by Gasteiger charge is 2.08. The molecule has 0 bridgehead atoms. The molecule has 0 aromatic carbocycles. The second kappa shape index (κ2) is 3.99. The van der Waals surface area contributed by atoms with E-state index in [1.165, 1.54) is 0 Å². The third-order valence-electron chi connectivity index (χ3n) is 1.86. The Morgan fingerprint density at radius 2 is 2.21 bits per heavy atom. The molecule has 0 aliphatic heterocycles. The van der Waals surface area contributed by atoms with Gasteiger partial charge in [-0.3, -0.25) is 4.99 Å². The lowest BCUT2D eigenvalue weighted by Gasteiger charge is -2.04. The smallest absolute Gasteiger partial charge is 0.197 e. The molecule has 0 saturated carbocycles. The van der Waals surface area contributed by atoms with Crippen molar-refractivity contribution in [1.82, 2.24) is 9.97 Å². The number of imidazole rings is 1. The molecule has 78 valence electrons. The lowest BCUT2D eigenvalue weighted by atomic mass is 10.1. The molecular weight excluding hydrogens is 180 g/mol. The van der Waals surface area contributed by atoms with Gasteiger partial charge < -0.3 is 22.2 Å². The van der Waals surface area contributed by atoms with E-state index in [9.17, 15) is 0 Å². The largest absolute Gasteiger partial charge is 0.370 e. The van der Waals surface area contributed by atoms with Crippen LogP contribution < -0.4 is 17.2 Å². The first kappa shape index (κ1) is 10.4. The molecule has 1 heterocycles. The Bertz CT molecular complexity index is 336. The zero-order valence-corrected chi connectivity index (χ0v) is 8.41. The lowest BCUT2D eigenvalue weighted by Crippen LogP contribution is -2.25. The van der Waals surface area contributed by atoms with Gasteiger partial charge in [-0.25, -0.2) is 4.98 Å². The molecule has 0 fully saturated rings. The Morgan fingerprint density at radius 1 is 1.57 bits per heavy atom. The zero-order valence-electron chi connectivity index (χ0n) is 8.41. The summed E-state index contributed by atoms with van der Waals surface area (Å²) in [6.07, 6.45) is 0.678. The van der Waals surface area contributed by atoms with E-state index in [0.717, 1.165) is 11.4 Å². The van der Waals surface area contributed by atoms with Gasteiger partial charge in [-0.1, -0.05) is 0 Å². The predicted molar refractivity (Wildman–Crippen MR) is 56.7 cm³/mol. The Morgan fingerprint density at radius 3 is 2.64 bits per heavy atom. The third kappa shape index (κ3) is 2.65. The minimum absolute atomic E-state index is 0.0152. The first-order valence-electron chi connectivity index (χ1n) is 4.38. The highest BCUT2D eigenvalue weighted by Crippen LogP contribution is 2.09. The summed E-state index contributed by atoms with van der Waals surface area (Å²) in [6, 6.07) is 0.0152. The molecule has 1 unspecified atom stereocenters. The number of nitrogen functional groups attached to an aromatic ring is 1. The van der Waals surface area contributed by atoms with Crippen LogP contribution in [0.4, 0.5) is 5.95 Å². The van der Waals surface area contributed by atoms with Crippen LogP contribution in [0, 0.1) is 6.92 Å². The minimum Gasteiger partial charge on any atom is -0.370 e. The van der Waals surface area contributed by atoms with Gasteiger partial charge in [0.15, 0.2) is 11.9 Å². The molecule has 1 atom stereocenters. The van der Waals surface area contributed by atoms with Crippen molar-refractivity contribution in [2.45, 2.75) is 26.3 Å². The number of hydrogen-bond donors (Lipinski definition) is 4. The average Bonchev–Trinajstić information content (AvgIpc) is 2.28. The maximum atomic E-state index is 5.50. The van der Waals surface area contributed by atoms with Gasteiger partial charge >= 0.3 is 0 Å². The van der Waals surface area contributed by atoms with E-state index in [-0.39, 0.29) is 12.0 Å². The van der Waals surface area contributed by atoms with Gasteiger partial charge in [-0.15, -0.1) is 0 Å². The molecule has 7 N–H and O–H groups in total. The molecule has 14 heavy (non-hydrogen) atoms. The number of rotatable bonds is 3. The summed E-state index contributed by atoms with van der Waals surface area (Å²) < 4.78 is 0. The topological polar surface area (TPSA) is 119 Å². The number of aryl methyl sites for hydroxylation is 1. The maximum Gasteiger partial charge on any atom is 0.197 e. The summed E-state index contributed by atoms with van der Waals surface area (Å²) in [7, 11) is 0. The van der Waals surface area contributed by atoms with Crippen LogP contribution in [-0.2, 0) is 6.42 Å². The monoisotopic (exact) mass is 196 g/mol. The molecular formula is C8H16N6. The molecule has 6 heteroatoms. The van der Waals surface area contributed by atoms with E-state index in [4.69, 9.17) is 17.2 Å². The molecule has 0 saturated heterocycles. The van der Waals surface area contributed by atoms with Crippen LogP contribution in [0.15, 0.2) is 4.99 Å². The Labute approximate surface area is 82.6 Å². The second-order valence-corrected chi connectivity index (χ2v) is 3.30. The van der Waals surface area contributed by atoms with E-state index < -0.39 is 0 Å². The SMILES string of the molecule is Cc1[nH]c(N)nc1CC(C)N=C(N)N. The van der Waals surface area contributed by atoms with Crippen LogP contribution in [0.5, 0.6) is 0 Å². The van der Waals surface area contributed by atoms with Crippen molar-refractivity contribution in [3.8, 4) is 0 Å². The molecule has 6 nitrogen and oxygen atoms in total. The number of nitrogens with two attached hydrogens (primary N) is 3. The fourth-order valence-corrected chi connectivity index (χ4v) is 1.30. The molecule has 0 amide bonds. The molecule has 1 aromatic heterocycles. The van der Waals surface area contributed by atoms with E-state index in [1.807, 2.05) is 13.8 Å². The highest BCUT2D eigenvalue weighted by molar-refractivity contribution is 5.75. The number of anilines is 1. The summed E-state index contributed by atoms with van der Waals surface area (Å²) in [4.78, 5) is 11.1. The number of hydrogen-bond acceptors (Lipinski definition) is 3. The number of nitrogens with one attached hydrogen (secondary N) is 1. The van der Waals surface area contributed by atoms with Crippen molar-refractivity contribution in [2.75, 3.05) is 5.73 Å². The number of aromatic nitrogens is 2. The van der Waals surface area contributed by atoms with Crippen molar-refractivity contribution in [1.29, 1.82) is 0 Å². The summed E-state index contributed by atoms with van der Waals surface area (Å²) in [5.74, 6) is 0.521. The molecule has 0 spiro atoms. The van der Waals surface area contributed by atoms with Crippen LogP contribution in [0.1, 0.15) is 18.3 Å². The predicted octanol–water partition coefficient (Wildman–Crippen LogP) is -0.495. The third-order valence-corrected chi connectivity index (χ3v) is 1.86. The fraction of sp³-hybridized carbons (Fsp3) is 0.500. The van der Waals surface area contributed by atoms with E-state index >= 15 is 0 Å². The van der Waals surface area contributed by atoms with Crippen molar-refractivity contribution < 1.29 is 0 Å². The highest BCUT2D eigenvalue weighted by atomic mass is 15.0. The Kier molecular flexibility index (Phi) is 2.95. The zero-order chi connectivity index (χ0) is 10.7. The number of H-pyrrole nitrogens is 1. The summed E-state index contributed by atoms with van der Waals surface area (Å²) in [6.45, 7) is 3.84. The van der Waals surface area contributed by atoms with Gasteiger partial charge in [-0.2, -0.15) is 0 Å². The summed E-state index contributed by atoms with van der Waals surface area (Å²) >= 11 is 0. The lowest BCUT2D eigenvalue weighted by molar-refractivity contribution is 0.722. The van der Waals surface area contributed by atoms with Crippen molar-refractivity contribution in [2.24, 2.45) is 16.5 Å². The van der Waals surface area contributed by atoms with E-state index in [2.05, 4.69) is 15.0 Å². The molecule has 1 rings (SSSR count). The molecule has 0 radical (unpaired) electrons. The maximum absolute atomic E-state index is 5.50. The van der Waals surface area contributed by atoms with Crippen molar-refractivity contribution in [3.63, 3.8) is 0 Å². The first-order chi connectivity index (χ1) is 6.49. The minimum atomic E-state index is 0.0152. The number of aliphatic imine (C=N–C) groups is 1.